The van der Waals surface area contributed by atoms with Gasteiger partial charge in [-0.25, -0.2) is 4.98 Å². The van der Waals surface area contributed by atoms with Crippen molar-refractivity contribution in [1.29, 1.82) is 0 Å². The van der Waals surface area contributed by atoms with Gasteiger partial charge in [-0.3, -0.25) is 0 Å². The summed E-state index contributed by atoms with van der Waals surface area (Å²) < 4.78 is 13.5. The van der Waals surface area contributed by atoms with Crippen molar-refractivity contribution in [2.75, 3.05) is 26.4 Å². The molecule has 3 aromatic rings. The Morgan fingerprint density at radius 3 is 2.04 bits per heavy atom. The van der Waals surface area contributed by atoms with Crippen molar-refractivity contribution in [2.45, 2.75) is 32.7 Å². The minimum atomic E-state index is 0.751. The molecule has 4 nitrogen and oxygen atoms in total. The highest BCUT2D eigenvalue weighted by atomic mass is 16.5. The van der Waals surface area contributed by atoms with Crippen LogP contribution in [0.4, 0.5) is 0 Å². The van der Waals surface area contributed by atoms with Gasteiger partial charge in [0.05, 0.1) is 17.7 Å². The van der Waals surface area contributed by atoms with Crippen LogP contribution in [0.25, 0.3) is 22.5 Å². The van der Waals surface area contributed by atoms with Crippen LogP contribution in [-0.4, -0.2) is 36.0 Å². The molecule has 28 heavy (non-hydrogen) atoms. The van der Waals surface area contributed by atoms with E-state index in [0.29, 0.717) is 0 Å². The van der Waals surface area contributed by atoms with Crippen LogP contribution in [0.3, 0.4) is 0 Å². The van der Waals surface area contributed by atoms with Crippen molar-refractivity contribution in [2.24, 2.45) is 0 Å². The number of hydrogen-bond acceptors (Lipinski definition) is 3. The van der Waals surface area contributed by atoms with Crippen molar-refractivity contribution in [3.05, 3.63) is 67.0 Å². The molecule has 0 aliphatic carbocycles. The minimum Gasteiger partial charge on any atom is -0.381 e. The summed E-state index contributed by atoms with van der Waals surface area (Å²) >= 11 is 0. The zero-order chi connectivity index (χ0) is 19.4. The lowest BCUT2D eigenvalue weighted by Crippen LogP contribution is -2.06. The van der Waals surface area contributed by atoms with E-state index in [1.165, 1.54) is 11.3 Å². The molecule has 0 aliphatic heterocycles. The van der Waals surface area contributed by atoms with Crippen LogP contribution in [0.2, 0.25) is 0 Å². The van der Waals surface area contributed by atoms with Gasteiger partial charge in [0.1, 0.15) is 0 Å². The molecular formula is C24H30N2O2. The second-order valence-electron chi connectivity index (χ2n) is 6.80. The second-order valence-corrected chi connectivity index (χ2v) is 6.80. The number of imidazole rings is 1. The zero-order valence-electron chi connectivity index (χ0n) is 16.7. The van der Waals surface area contributed by atoms with E-state index in [1.54, 1.807) is 0 Å². The summed E-state index contributed by atoms with van der Waals surface area (Å²) in [6.07, 6.45) is 4.93. The van der Waals surface area contributed by atoms with Crippen LogP contribution in [0.1, 0.15) is 26.2 Å². The second kappa shape index (κ2) is 11.4. The highest BCUT2D eigenvalue weighted by molar-refractivity contribution is 5.78. The standard InChI is InChI=1S/C24H30N2O2/c1-2-16-27-18-10-19-28-17-9-15-26-20-25-23(21-11-5-3-6-12-21)24(26)22-13-7-4-8-14-22/h3-8,11-14,20H,2,9-10,15-19H2,1H3. The Hall–Kier alpha value is -2.43. The van der Waals surface area contributed by atoms with Crippen LogP contribution in [0.15, 0.2) is 67.0 Å². The first kappa shape index (κ1) is 20.3. The van der Waals surface area contributed by atoms with E-state index in [4.69, 9.17) is 14.5 Å². The molecule has 0 radical (unpaired) electrons. The molecule has 0 N–H and O–H groups in total. The third-order valence-corrected chi connectivity index (χ3v) is 4.55. The molecule has 0 bridgehead atoms. The summed E-state index contributed by atoms with van der Waals surface area (Å²) in [5, 5.41) is 0. The number of aromatic nitrogens is 2. The van der Waals surface area contributed by atoms with Crippen LogP contribution < -0.4 is 0 Å². The molecule has 148 valence electrons. The fourth-order valence-corrected chi connectivity index (χ4v) is 3.21. The lowest BCUT2D eigenvalue weighted by atomic mass is 10.0. The van der Waals surface area contributed by atoms with Crippen molar-refractivity contribution < 1.29 is 9.47 Å². The van der Waals surface area contributed by atoms with Crippen molar-refractivity contribution in [3.8, 4) is 22.5 Å². The average Bonchev–Trinajstić information content (AvgIpc) is 3.18. The van der Waals surface area contributed by atoms with Gasteiger partial charge in [0, 0.05) is 44.1 Å². The minimum absolute atomic E-state index is 0.751. The Balaban J connectivity index is 1.60. The third-order valence-electron chi connectivity index (χ3n) is 4.55. The van der Waals surface area contributed by atoms with E-state index in [-0.39, 0.29) is 0 Å². The van der Waals surface area contributed by atoms with E-state index in [0.717, 1.165) is 63.5 Å². The molecule has 0 unspecified atom stereocenters. The normalized spacial score (nSPS) is 11.0. The van der Waals surface area contributed by atoms with Gasteiger partial charge >= 0.3 is 0 Å². The topological polar surface area (TPSA) is 36.3 Å². The number of aryl methyl sites for hydroxylation is 1. The average molecular weight is 379 g/mol. The first-order valence-electron chi connectivity index (χ1n) is 10.2. The highest BCUT2D eigenvalue weighted by Gasteiger charge is 2.14. The Kier molecular flexibility index (Phi) is 8.28. The van der Waals surface area contributed by atoms with E-state index < -0.39 is 0 Å². The summed E-state index contributed by atoms with van der Waals surface area (Å²) in [5.41, 5.74) is 4.52. The predicted molar refractivity (Wildman–Crippen MR) is 114 cm³/mol. The van der Waals surface area contributed by atoms with Gasteiger partial charge in [-0.2, -0.15) is 0 Å². The first-order valence-corrected chi connectivity index (χ1v) is 10.2. The van der Waals surface area contributed by atoms with Gasteiger partial charge in [-0.15, -0.1) is 0 Å². The Labute approximate surface area is 168 Å². The highest BCUT2D eigenvalue weighted by Crippen LogP contribution is 2.31. The summed E-state index contributed by atoms with van der Waals surface area (Å²) in [7, 11) is 0. The fraction of sp³-hybridized carbons (Fsp3) is 0.375. The molecular weight excluding hydrogens is 348 g/mol. The molecule has 1 aromatic heterocycles. The van der Waals surface area contributed by atoms with Gasteiger partial charge in [-0.05, 0) is 19.3 Å². The molecule has 1 heterocycles. The SMILES string of the molecule is CCCOCCCOCCCn1cnc(-c2ccccc2)c1-c1ccccc1. The van der Waals surface area contributed by atoms with Gasteiger partial charge in [0.25, 0.3) is 0 Å². The third kappa shape index (κ3) is 5.78. The molecule has 0 saturated carbocycles. The maximum Gasteiger partial charge on any atom is 0.0963 e. The Bertz CT molecular complexity index is 800. The molecule has 0 amide bonds. The molecule has 0 saturated heterocycles. The smallest absolute Gasteiger partial charge is 0.0963 e. The summed E-state index contributed by atoms with van der Waals surface area (Å²) in [4.78, 5) is 4.73. The number of nitrogens with zero attached hydrogens (tertiary/aromatic N) is 2. The largest absolute Gasteiger partial charge is 0.381 e. The predicted octanol–water partition coefficient (Wildman–Crippen LogP) is 5.44. The maximum absolute atomic E-state index is 5.76. The van der Waals surface area contributed by atoms with E-state index in [2.05, 4.69) is 60.0 Å². The number of benzene rings is 2. The molecule has 0 atom stereocenters. The molecule has 0 spiro atoms. The van der Waals surface area contributed by atoms with Crippen LogP contribution in [0, 0.1) is 0 Å². The van der Waals surface area contributed by atoms with Crippen molar-refractivity contribution in [1.82, 2.24) is 9.55 Å². The molecule has 4 heteroatoms. The fourth-order valence-electron chi connectivity index (χ4n) is 3.21. The Morgan fingerprint density at radius 2 is 1.36 bits per heavy atom. The molecule has 0 aliphatic rings. The summed E-state index contributed by atoms with van der Waals surface area (Å²) in [6.45, 7) is 6.14. The lowest BCUT2D eigenvalue weighted by Gasteiger charge is -2.11. The summed E-state index contributed by atoms with van der Waals surface area (Å²) in [6, 6.07) is 20.9. The zero-order valence-corrected chi connectivity index (χ0v) is 16.7. The van der Waals surface area contributed by atoms with Crippen molar-refractivity contribution in [3.63, 3.8) is 0 Å². The van der Waals surface area contributed by atoms with Crippen LogP contribution in [-0.2, 0) is 16.0 Å². The Morgan fingerprint density at radius 1 is 0.750 bits per heavy atom. The van der Waals surface area contributed by atoms with E-state index in [9.17, 15) is 0 Å². The number of ether oxygens (including phenoxy) is 2. The number of rotatable bonds is 12. The number of hydrogen-bond donors (Lipinski definition) is 0. The van der Waals surface area contributed by atoms with Gasteiger partial charge in [-0.1, -0.05) is 67.6 Å². The van der Waals surface area contributed by atoms with Crippen LogP contribution in [0.5, 0.6) is 0 Å². The maximum atomic E-state index is 5.76. The van der Waals surface area contributed by atoms with Gasteiger partial charge in [0.15, 0.2) is 0 Å². The summed E-state index contributed by atoms with van der Waals surface area (Å²) in [5.74, 6) is 0. The monoisotopic (exact) mass is 378 g/mol. The molecule has 3 rings (SSSR count). The first-order chi connectivity index (χ1) is 13.9. The van der Waals surface area contributed by atoms with Gasteiger partial charge < -0.3 is 14.0 Å². The van der Waals surface area contributed by atoms with Crippen LogP contribution >= 0.6 is 0 Å². The van der Waals surface area contributed by atoms with E-state index in [1.807, 2.05) is 18.5 Å². The molecule has 2 aromatic carbocycles. The van der Waals surface area contributed by atoms with Crippen molar-refractivity contribution >= 4 is 0 Å². The van der Waals surface area contributed by atoms with Gasteiger partial charge in [0.2, 0.25) is 0 Å². The van der Waals surface area contributed by atoms with E-state index >= 15 is 0 Å². The lowest BCUT2D eigenvalue weighted by molar-refractivity contribution is 0.0809. The quantitative estimate of drug-likeness (QED) is 0.394. The molecule has 0 fully saturated rings.